The van der Waals surface area contributed by atoms with Crippen molar-refractivity contribution < 1.29 is 35.4 Å². The minimum atomic E-state index is -3.16. The van der Waals surface area contributed by atoms with E-state index in [9.17, 15) is 0 Å². The zero-order valence-corrected chi connectivity index (χ0v) is 37.7. The Hall–Kier alpha value is 0.548. The first kappa shape index (κ1) is 46.6. The van der Waals surface area contributed by atoms with Crippen molar-refractivity contribution in [2.45, 2.75) is 207 Å². The van der Waals surface area contributed by atoms with Crippen LogP contribution in [-0.4, -0.2) is 83.6 Å². The van der Waals surface area contributed by atoms with E-state index in [1.165, 1.54) is 0 Å². The second-order valence-corrected chi connectivity index (χ2v) is 29.1. The Bertz CT molecular complexity index is 674. The average molecular weight is 753 g/mol. The molecule has 48 heavy (non-hydrogen) atoms. The van der Waals surface area contributed by atoms with Crippen molar-refractivity contribution in [3.05, 3.63) is 0 Å². The van der Waals surface area contributed by atoms with Gasteiger partial charge in [-0.15, -0.1) is 0 Å². The van der Waals surface area contributed by atoms with Gasteiger partial charge < -0.3 is 35.4 Å². The highest BCUT2D eigenvalue weighted by molar-refractivity contribution is 6.96. The molecule has 0 bridgehead atoms. The van der Waals surface area contributed by atoms with Gasteiger partial charge in [0.25, 0.3) is 0 Å². The van der Waals surface area contributed by atoms with Crippen LogP contribution in [0.25, 0.3) is 0 Å². The van der Waals surface area contributed by atoms with Gasteiger partial charge in [0.15, 0.2) is 0 Å². The van der Waals surface area contributed by atoms with Crippen LogP contribution < -0.4 is 0 Å². The maximum Gasteiger partial charge on any atom is 0.350 e. The van der Waals surface area contributed by atoms with Crippen LogP contribution in [-0.2, 0) is 35.4 Å². The third-order valence-electron chi connectivity index (χ3n) is 9.72. The smallest absolute Gasteiger partial charge is 0.350 e. The van der Waals surface area contributed by atoms with Gasteiger partial charge in [-0.25, -0.2) is 0 Å². The van der Waals surface area contributed by atoms with Gasteiger partial charge in [-0.2, -0.15) is 0 Å². The second-order valence-electron chi connectivity index (χ2n) is 14.1. The molecule has 1 fully saturated rings. The summed E-state index contributed by atoms with van der Waals surface area (Å²) in [4.78, 5) is 0. The van der Waals surface area contributed by atoms with Crippen molar-refractivity contribution in [3.8, 4) is 0 Å². The van der Waals surface area contributed by atoms with E-state index in [0.29, 0.717) is 26.4 Å². The van der Waals surface area contributed by atoms with E-state index < -0.39 is 34.2 Å². The third-order valence-corrected chi connectivity index (χ3v) is 31.2. The monoisotopic (exact) mass is 752 g/mol. The number of rotatable bonds is 28. The third kappa shape index (κ3) is 13.5. The Kier molecular flexibility index (Phi) is 24.0. The lowest BCUT2D eigenvalue weighted by atomic mass is 10.4. The lowest BCUT2D eigenvalue weighted by Crippen LogP contribution is -2.79. The summed E-state index contributed by atoms with van der Waals surface area (Å²) in [6, 6.07) is 3.27. The van der Waals surface area contributed by atoms with Gasteiger partial charge in [-0.05, 0) is 77.6 Å². The van der Waals surface area contributed by atoms with Gasteiger partial charge in [0.05, 0.1) is 22.9 Å². The largest absolute Gasteiger partial charge is 0.412 e. The van der Waals surface area contributed by atoms with Gasteiger partial charge >= 0.3 is 34.2 Å². The molecule has 0 saturated carbocycles. The van der Waals surface area contributed by atoms with Gasteiger partial charge in [-0.1, -0.05) is 107 Å². The summed E-state index contributed by atoms with van der Waals surface area (Å²) in [5.74, 6) is 0. The number of hydrogen-bond acceptors (Lipinski definition) is 8. The van der Waals surface area contributed by atoms with E-state index in [1.54, 1.807) is 0 Å². The summed E-state index contributed by atoms with van der Waals surface area (Å²) in [5, 5.41) is 0. The zero-order valence-electron chi connectivity index (χ0n) is 33.7. The van der Waals surface area contributed by atoms with Crippen LogP contribution in [0.2, 0.25) is 24.2 Å². The molecule has 1 aliphatic heterocycles. The molecule has 288 valence electrons. The molecule has 1 rings (SSSR count). The predicted molar refractivity (Wildman–Crippen MR) is 209 cm³/mol. The summed E-state index contributed by atoms with van der Waals surface area (Å²) < 4.78 is 58.7. The summed E-state index contributed by atoms with van der Waals surface area (Å²) in [6.45, 7) is 29.4. The van der Waals surface area contributed by atoms with Crippen LogP contribution in [0.4, 0.5) is 0 Å². The van der Waals surface area contributed by atoms with Crippen LogP contribution in [0.3, 0.4) is 0 Å². The van der Waals surface area contributed by atoms with Crippen molar-refractivity contribution in [2.24, 2.45) is 0 Å². The summed E-state index contributed by atoms with van der Waals surface area (Å²) in [5.41, 5.74) is -0.748. The highest BCUT2D eigenvalue weighted by atomic mass is 28.5. The fourth-order valence-electron chi connectivity index (χ4n) is 6.66. The Morgan fingerprint density at radius 1 is 0.333 bits per heavy atom. The molecule has 1 aliphatic rings. The predicted octanol–water partition coefficient (Wildman–Crippen LogP) is 10.5. The fourth-order valence-corrected chi connectivity index (χ4v) is 32.7. The summed E-state index contributed by atoms with van der Waals surface area (Å²) >= 11 is 0. The maximum absolute atomic E-state index is 7.95. The number of ether oxygens (including phenoxy) is 4. The lowest BCUT2D eigenvalue weighted by Gasteiger charge is -2.57. The molecule has 0 amide bonds. The van der Waals surface area contributed by atoms with Crippen LogP contribution in [0.5, 0.6) is 0 Å². The van der Waals surface area contributed by atoms with Gasteiger partial charge in [-0.3, -0.25) is 0 Å². The lowest BCUT2D eigenvalue weighted by molar-refractivity contribution is 0.0256. The SMILES string of the molecule is CCCCOC(C)[Si]1(CCC)O[Si](CCC)(C(C)OCCCC)O[Si](CCC)(C(C)OCCCC)O[Si](CCC)(C(C)OCCCC)O1. The Labute approximate surface area is 302 Å². The molecule has 4 unspecified atom stereocenters. The zero-order chi connectivity index (χ0) is 36.1. The van der Waals surface area contributed by atoms with E-state index >= 15 is 0 Å². The number of unbranched alkanes of at least 4 members (excludes halogenated alkanes) is 4. The Morgan fingerprint density at radius 3 is 0.667 bits per heavy atom. The molecule has 12 heteroatoms. The molecule has 0 aromatic heterocycles. The van der Waals surface area contributed by atoms with Gasteiger partial charge in [0.2, 0.25) is 0 Å². The highest BCUT2D eigenvalue weighted by Crippen LogP contribution is 2.45. The molecular formula is C36H80O8Si4. The highest BCUT2D eigenvalue weighted by Gasteiger charge is 2.68. The molecule has 1 saturated heterocycles. The molecule has 4 atom stereocenters. The Balaban J connectivity index is 4.17. The van der Waals surface area contributed by atoms with Crippen molar-refractivity contribution in [1.29, 1.82) is 0 Å². The maximum atomic E-state index is 7.95. The minimum Gasteiger partial charge on any atom is -0.412 e. The molecular weight excluding hydrogens is 673 g/mol. The average Bonchev–Trinajstić information content (AvgIpc) is 3.04. The molecule has 0 aromatic carbocycles. The van der Waals surface area contributed by atoms with Crippen LogP contribution in [0, 0.1) is 0 Å². The van der Waals surface area contributed by atoms with Gasteiger partial charge in [0.1, 0.15) is 0 Å². The normalized spacial score (nSPS) is 29.2. The molecule has 8 nitrogen and oxygen atoms in total. The Morgan fingerprint density at radius 2 is 0.521 bits per heavy atom. The summed E-state index contributed by atoms with van der Waals surface area (Å²) in [7, 11) is -12.7. The first-order chi connectivity index (χ1) is 23.0. The standard InChI is InChI=1S/C36H80O8Si4/c1-13-21-25-37-33(9)45(29-17-5)41-46(30-18-6,34(10)38-26-22-14-2)43-48(32-20-8,36(12)40-28-24-16-4)44-47(42-45,31-19-7)35(11)39-27-23-15-3/h33-36H,13-32H2,1-12H3. The summed E-state index contributed by atoms with van der Waals surface area (Å²) in [6.07, 6.45) is 12.1. The van der Waals surface area contributed by atoms with Crippen LogP contribution in [0.1, 0.15) is 160 Å². The van der Waals surface area contributed by atoms with Crippen LogP contribution in [0.15, 0.2) is 0 Å². The van der Waals surface area contributed by atoms with Crippen molar-refractivity contribution in [1.82, 2.24) is 0 Å². The van der Waals surface area contributed by atoms with E-state index in [1.807, 2.05) is 0 Å². The van der Waals surface area contributed by atoms with E-state index in [4.69, 9.17) is 35.4 Å². The molecule has 0 radical (unpaired) electrons. The molecule has 0 N–H and O–H groups in total. The van der Waals surface area contributed by atoms with Gasteiger partial charge in [0, 0.05) is 26.4 Å². The molecule has 0 aromatic rings. The van der Waals surface area contributed by atoms with Crippen molar-refractivity contribution >= 4 is 34.2 Å². The number of hydrogen-bond donors (Lipinski definition) is 0. The molecule has 0 spiro atoms. The topological polar surface area (TPSA) is 73.8 Å². The van der Waals surface area contributed by atoms with E-state index in [0.717, 1.165) is 101 Å². The van der Waals surface area contributed by atoms with E-state index in [2.05, 4.69) is 83.1 Å². The minimum absolute atomic E-state index is 0.187. The van der Waals surface area contributed by atoms with E-state index in [-0.39, 0.29) is 22.9 Å². The quantitative estimate of drug-likeness (QED) is 0.0578. The molecule has 0 aliphatic carbocycles. The van der Waals surface area contributed by atoms with Crippen molar-refractivity contribution in [3.63, 3.8) is 0 Å². The van der Waals surface area contributed by atoms with Crippen LogP contribution >= 0.6 is 0 Å². The molecule has 1 heterocycles. The van der Waals surface area contributed by atoms with Crippen molar-refractivity contribution in [2.75, 3.05) is 26.4 Å². The first-order valence-corrected chi connectivity index (χ1v) is 28.7. The second kappa shape index (κ2) is 24.7. The fraction of sp³-hybridized carbons (Fsp3) is 1.00. The first-order valence-electron chi connectivity index (χ1n) is 20.3.